The first kappa shape index (κ1) is 14.3. The number of sulfonamides is 1. The van der Waals surface area contributed by atoms with Crippen LogP contribution < -0.4 is 4.72 Å². The zero-order valence-electron chi connectivity index (χ0n) is 9.97. The molecule has 2 rings (SSSR count). The van der Waals surface area contributed by atoms with E-state index < -0.39 is 15.8 Å². The fourth-order valence-corrected chi connectivity index (χ4v) is 2.72. The van der Waals surface area contributed by atoms with Gasteiger partial charge in [-0.1, -0.05) is 17.7 Å². The van der Waals surface area contributed by atoms with E-state index in [0.717, 1.165) is 6.07 Å². The van der Waals surface area contributed by atoms with Crippen molar-refractivity contribution in [2.75, 3.05) is 4.72 Å². The maximum absolute atomic E-state index is 13.3. The molecule has 7 heteroatoms. The monoisotopic (exact) mass is 310 g/mol. The number of nitrogens with zero attached hydrogens (tertiary/aromatic N) is 1. The predicted octanol–water partition coefficient (Wildman–Crippen LogP) is 3.15. The fourth-order valence-electron chi connectivity index (χ4n) is 1.51. The molecule has 102 valence electrons. The zero-order valence-corrected chi connectivity index (χ0v) is 11.5. The van der Waals surface area contributed by atoms with Gasteiger partial charge in [-0.3, -0.25) is 4.72 Å². The molecule has 0 aliphatic carbocycles. The molecule has 0 radical (unpaired) electrons. The van der Waals surface area contributed by atoms with E-state index in [1.807, 2.05) is 6.07 Å². The number of hydrogen-bond donors (Lipinski definition) is 1. The second-order valence-electron chi connectivity index (χ2n) is 3.87. The summed E-state index contributed by atoms with van der Waals surface area (Å²) in [6.45, 7) is 0. The SMILES string of the molecule is N#Cc1cccc(S(=O)(=O)Nc2ccc(Cl)c(F)c2)c1. The van der Waals surface area contributed by atoms with Crippen molar-refractivity contribution in [3.8, 4) is 6.07 Å². The summed E-state index contributed by atoms with van der Waals surface area (Å²) < 4.78 is 39.7. The van der Waals surface area contributed by atoms with Crippen molar-refractivity contribution in [1.82, 2.24) is 0 Å². The van der Waals surface area contributed by atoms with Gasteiger partial charge in [-0.15, -0.1) is 0 Å². The van der Waals surface area contributed by atoms with E-state index in [-0.39, 0.29) is 21.2 Å². The Morgan fingerprint density at radius 1 is 1.20 bits per heavy atom. The Morgan fingerprint density at radius 3 is 2.60 bits per heavy atom. The van der Waals surface area contributed by atoms with E-state index in [4.69, 9.17) is 16.9 Å². The summed E-state index contributed by atoms with van der Waals surface area (Å²) in [6, 6.07) is 10.9. The van der Waals surface area contributed by atoms with E-state index in [9.17, 15) is 12.8 Å². The third-order valence-electron chi connectivity index (χ3n) is 2.45. The molecule has 0 amide bonds. The Balaban J connectivity index is 2.35. The largest absolute Gasteiger partial charge is 0.280 e. The standard InChI is InChI=1S/C13H8ClFN2O2S/c14-12-5-4-10(7-13(12)15)17-20(18,19)11-3-1-2-9(6-11)8-16/h1-7,17H. The molecule has 0 saturated heterocycles. The lowest BCUT2D eigenvalue weighted by Crippen LogP contribution is -2.13. The highest BCUT2D eigenvalue weighted by molar-refractivity contribution is 7.92. The molecule has 4 nitrogen and oxygen atoms in total. The molecule has 0 fully saturated rings. The molecule has 0 bridgehead atoms. The van der Waals surface area contributed by atoms with E-state index in [1.54, 1.807) is 0 Å². The lowest BCUT2D eigenvalue weighted by Gasteiger charge is -2.08. The summed E-state index contributed by atoms with van der Waals surface area (Å²) in [5.41, 5.74) is 0.268. The summed E-state index contributed by atoms with van der Waals surface area (Å²) in [7, 11) is -3.89. The number of nitrogens with one attached hydrogen (secondary N) is 1. The minimum atomic E-state index is -3.89. The minimum Gasteiger partial charge on any atom is -0.280 e. The first-order valence-electron chi connectivity index (χ1n) is 5.40. The van der Waals surface area contributed by atoms with Gasteiger partial charge in [-0.05, 0) is 36.4 Å². The fraction of sp³-hybridized carbons (Fsp3) is 0. The molecular formula is C13H8ClFN2O2S. The van der Waals surface area contributed by atoms with Crippen molar-refractivity contribution in [3.63, 3.8) is 0 Å². The predicted molar refractivity (Wildman–Crippen MR) is 73.4 cm³/mol. The normalized spacial score (nSPS) is 10.8. The average molecular weight is 311 g/mol. The van der Waals surface area contributed by atoms with Crippen LogP contribution in [0.1, 0.15) is 5.56 Å². The molecule has 0 aliphatic heterocycles. The topological polar surface area (TPSA) is 70.0 Å². The van der Waals surface area contributed by atoms with E-state index in [2.05, 4.69) is 4.72 Å². The second kappa shape index (κ2) is 5.49. The Morgan fingerprint density at radius 2 is 1.95 bits per heavy atom. The molecule has 2 aromatic carbocycles. The summed E-state index contributed by atoms with van der Waals surface area (Å²) in [5.74, 6) is -0.724. The van der Waals surface area contributed by atoms with Crippen LogP contribution in [0, 0.1) is 17.1 Å². The molecule has 2 aromatic rings. The number of hydrogen-bond acceptors (Lipinski definition) is 3. The third kappa shape index (κ3) is 3.07. The minimum absolute atomic E-state index is 0.0502. The average Bonchev–Trinajstić information content (AvgIpc) is 2.43. The number of anilines is 1. The van der Waals surface area contributed by atoms with Gasteiger partial charge in [-0.25, -0.2) is 12.8 Å². The highest BCUT2D eigenvalue weighted by Crippen LogP contribution is 2.21. The molecular weight excluding hydrogens is 303 g/mol. The molecule has 0 spiro atoms. The smallest absolute Gasteiger partial charge is 0.261 e. The summed E-state index contributed by atoms with van der Waals surface area (Å²) in [6.07, 6.45) is 0. The van der Waals surface area contributed by atoms with Gasteiger partial charge in [0.1, 0.15) is 5.82 Å². The van der Waals surface area contributed by atoms with Crippen LogP contribution in [0.2, 0.25) is 5.02 Å². The Bertz CT molecular complexity index is 800. The quantitative estimate of drug-likeness (QED) is 0.946. The van der Waals surface area contributed by atoms with Crippen LogP contribution in [0.5, 0.6) is 0 Å². The van der Waals surface area contributed by atoms with Crippen LogP contribution in [-0.2, 0) is 10.0 Å². The van der Waals surface area contributed by atoms with Crippen molar-refractivity contribution in [3.05, 3.63) is 58.9 Å². The van der Waals surface area contributed by atoms with Gasteiger partial charge < -0.3 is 0 Å². The van der Waals surface area contributed by atoms with E-state index >= 15 is 0 Å². The van der Waals surface area contributed by atoms with Gasteiger partial charge in [0, 0.05) is 0 Å². The lowest BCUT2D eigenvalue weighted by atomic mass is 10.2. The molecule has 0 unspecified atom stereocenters. The highest BCUT2D eigenvalue weighted by Gasteiger charge is 2.15. The molecule has 0 aliphatic rings. The van der Waals surface area contributed by atoms with Gasteiger partial charge in [0.2, 0.25) is 0 Å². The van der Waals surface area contributed by atoms with E-state index in [1.165, 1.54) is 36.4 Å². The third-order valence-corrected chi connectivity index (χ3v) is 4.13. The zero-order chi connectivity index (χ0) is 14.8. The Hall–Kier alpha value is -2.10. The van der Waals surface area contributed by atoms with Crippen LogP contribution in [-0.4, -0.2) is 8.42 Å². The van der Waals surface area contributed by atoms with Crippen LogP contribution in [0.3, 0.4) is 0 Å². The summed E-state index contributed by atoms with van der Waals surface area (Å²) in [4.78, 5) is -0.0769. The Labute approximate surface area is 120 Å². The second-order valence-corrected chi connectivity index (χ2v) is 5.96. The van der Waals surface area contributed by atoms with Crippen molar-refractivity contribution < 1.29 is 12.8 Å². The molecule has 0 saturated carbocycles. The number of nitriles is 1. The lowest BCUT2D eigenvalue weighted by molar-refractivity contribution is 0.601. The number of benzene rings is 2. The first-order valence-corrected chi connectivity index (χ1v) is 7.26. The molecule has 20 heavy (non-hydrogen) atoms. The number of rotatable bonds is 3. The molecule has 0 atom stereocenters. The number of halogens is 2. The van der Waals surface area contributed by atoms with Gasteiger partial charge in [0.05, 0.1) is 27.2 Å². The van der Waals surface area contributed by atoms with Crippen LogP contribution in [0.4, 0.5) is 10.1 Å². The van der Waals surface area contributed by atoms with Crippen molar-refractivity contribution in [1.29, 1.82) is 5.26 Å². The van der Waals surface area contributed by atoms with Gasteiger partial charge >= 0.3 is 0 Å². The maximum atomic E-state index is 13.3. The molecule has 1 N–H and O–H groups in total. The van der Waals surface area contributed by atoms with Crippen LogP contribution >= 0.6 is 11.6 Å². The van der Waals surface area contributed by atoms with Crippen molar-refractivity contribution in [2.24, 2.45) is 0 Å². The maximum Gasteiger partial charge on any atom is 0.261 e. The Kier molecular flexibility index (Phi) is 3.93. The van der Waals surface area contributed by atoms with E-state index in [0.29, 0.717) is 0 Å². The van der Waals surface area contributed by atoms with Crippen molar-refractivity contribution in [2.45, 2.75) is 4.90 Å². The summed E-state index contributed by atoms with van der Waals surface area (Å²) in [5, 5.41) is 8.66. The van der Waals surface area contributed by atoms with Crippen LogP contribution in [0.25, 0.3) is 0 Å². The van der Waals surface area contributed by atoms with Gasteiger partial charge in [0.25, 0.3) is 10.0 Å². The van der Waals surface area contributed by atoms with Gasteiger partial charge in [0.15, 0.2) is 0 Å². The van der Waals surface area contributed by atoms with Crippen LogP contribution in [0.15, 0.2) is 47.4 Å². The van der Waals surface area contributed by atoms with Gasteiger partial charge in [-0.2, -0.15) is 5.26 Å². The summed E-state index contributed by atoms with van der Waals surface area (Å²) >= 11 is 5.52. The first-order chi connectivity index (χ1) is 9.42. The highest BCUT2D eigenvalue weighted by atomic mass is 35.5. The molecule has 0 aromatic heterocycles. The molecule has 0 heterocycles. The van der Waals surface area contributed by atoms with Crippen molar-refractivity contribution >= 4 is 27.3 Å².